The number of carboxylic acids is 1. The fraction of sp³-hybridized carbons (Fsp3) is 0.355. The van der Waals surface area contributed by atoms with Crippen molar-refractivity contribution in [3.63, 3.8) is 0 Å². The molecular formula is C31H32N6O4. The van der Waals surface area contributed by atoms with Crippen LogP contribution in [0.25, 0.3) is 16.6 Å². The van der Waals surface area contributed by atoms with E-state index in [1.165, 1.54) is 0 Å². The molecule has 0 spiro atoms. The van der Waals surface area contributed by atoms with Gasteiger partial charge in [0, 0.05) is 36.0 Å². The van der Waals surface area contributed by atoms with Crippen LogP contribution in [0.4, 0.5) is 0 Å². The Morgan fingerprint density at radius 3 is 2.71 bits per heavy atom. The first-order valence-corrected chi connectivity index (χ1v) is 14.2. The molecule has 4 aromatic heterocycles. The summed E-state index contributed by atoms with van der Waals surface area (Å²) < 4.78 is 15.8. The van der Waals surface area contributed by atoms with Gasteiger partial charge >= 0.3 is 5.97 Å². The SMILES string of the molecule is O=C(O)c1ccc2nc(CN3CCC(c4cccc(OCc5cnn6ccccc56)n4)CC3)n(CC3CCO3)c2c1. The number of rotatable bonds is 9. The highest BCUT2D eigenvalue weighted by Crippen LogP contribution is 2.30. The van der Waals surface area contributed by atoms with E-state index in [9.17, 15) is 9.90 Å². The van der Waals surface area contributed by atoms with E-state index in [4.69, 9.17) is 19.4 Å². The van der Waals surface area contributed by atoms with E-state index >= 15 is 0 Å². The Bertz CT molecular complexity index is 1700. The first kappa shape index (κ1) is 25.7. The monoisotopic (exact) mass is 552 g/mol. The lowest BCUT2D eigenvalue weighted by Crippen LogP contribution is -2.35. The molecule has 0 aliphatic carbocycles. The maximum absolute atomic E-state index is 11.6. The van der Waals surface area contributed by atoms with Crippen LogP contribution >= 0.6 is 0 Å². The Balaban J connectivity index is 1.01. The maximum atomic E-state index is 11.6. The third kappa shape index (κ3) is 5.28. The Morgan fingerprint density at radius 1 is 1.02 bits per heavy atom. The third-order valence-corrected chi connectivity index (χ3v) is 8.25. The maximum Gasteiger partial charge on any atom is 0.335 e. The molecule has 7 rings (SSSR count). The Hall–Kier alpha value is -4.28. The van der Waals surface area contributed by atoms with E-state index < -0.39 is 5.97 Å². The summed E-state index contributed by atoms with van der Waals surface area (Å²) in [5.74, 6) is 1.03. The van der Waals surface area contributed by atoms with Crippen molar-refractivity contribution < 1.29 is 19.4 Å². The number of hydrogen-bond donors (Lipinski definition) is 1. The molecule has 0 bridgehead atoms. The average molecular weight is 553 g/mol. The molecule has 1 N–H and O–H groups in total. The number of fused-ring (bicyclic) bond motifs is 2. The molecule has 10 nitrogen and oxygen atoms in total. The molecule has 5 aromatic rings. The van der Waals surface area contributed by atoms with Crippen molar-refractivity contribution in [3.8, 4) is 5.88 Å². The van der Waals surface area contributed by atoms with Gasteiger partial charge in [-0.2, -0.15) is 5.10 Å². The van der Waals surface area contributed by atoms with Gasteiger partial charge in [0.25, 0.3) is 0 Å². The number of pyridine rings is 2. The van der Waals surface area contributed by atoms with Crippen molar-refractivity contribution in [2.75, 3.05) is 19.7 Å². The summed E-state index contributed by atoms with van der Waals surface area (Å²) in [4.78, 5) is 23.8. The fourth-order valence-corrected chi connectivity index (χ4v) is 5.84. The smallest absolute Gasteiger partial charge is 0.335 e. The zero-order valence-electron chi connectivity index (χ0n) is 22.7. The van der Waals surface area contributed by atoms with Gasteiger partial charge < -0.3 is 19.1 Å². The molecule has 0 radical (unpaired) electrons. The summed E-state index contributed by atoms with van der Waals surface area (Å²) in [6.07, 6.45) is 6.93. The van der Waals surface area contributed by atoms with Crippen molar-refractivity contribution in [1.82, 2.24) is 29.0 Å². The Morgan fingerprint density at radius 2 is 1.90 bits per heavy atom. The van der Waals surface area contributed by atoms with Gasteiger partial charge in [0.05, 0.1) is 47.5 Å². The van der Waals surface area contributed by atoms with Crippen LogP contribution in [0, 0.1) is 0 Å². The molecule has 0 saturated carbocycles. The quantitative estimate of drug-likeness (QED) is 0.284. The van der Waals surface area contributed by atoms with Gasteiger partial charge in [-0.25, -0.2) is 19.3 Å². The van der Waals surface area contributed by atoms with E-state index in [2.05, 4.69) is 20.6 Å². The minimum atomic E-state index is -0.929. The van der Waals surface area contributed by atoms with Crippen molar-refractivity contribution in [2.24, 2.45) is 0 Å². The number of imidazole rings is 1. The number of carboxylic acid groups (broad SMARTS) is 1. The van der Waals surface area contributed by atoms with Gasteiger partial charge in [-0.1, -0.05) is 12.1 Å². The molecule has 2 aliphatic heterocycles. The lowest BCUT2D eigenvalue weighted by atomic mass is 9.93. The van der Waals surface area contributed by atoms with Crippen LogP contribution in [-0.2, 0) is 24.4 Å². The first-order chi connectivity index (χ1) is 20.1. The summed E-state index contributed by atoms with van der Waals surface area (Å²) in [6.45, 7) is 4.47. The highest BCUT2D eigenvalue weighted by Gasteiger charge is 2.26. The van der Waals surface area contributed by atoms with Crippen LogP contribution in [0.1, 0.15) is 52.6 Å². The topological polar surface area (TPSA) is 107 Å². The molecule has 1 aromatic carbocycles. The number of nitrogens with zero attached hydrogens (tertiary/aromatic N) is 6. The lowest BCUT2D eigenvalue weighted by Gasteiger charge is -2.32. The van der Waals surface area contributed by atoms with E-state index in [1.54, 1.807) is 12.1 Å². The second kappa shape index (κ2) is 10.9. The minimum Gasteiger partial charge on any atom is -0.478 e. The molecule has 10 heteroatoms. The molecule has 2 aliphatic rings. The number of aromatic carboxylic acids is 1. The number of aromatic nitrogens is 5. The van der Waals surface area contributed by atoms with Crippen LogP contribution < -0.4 is 4.74 Å². The number of likely N-dealkylation sites (tertiary alicyclic amines) is 1. The molecule has 210 valence electrons. The molecule has 2 saturated heterocycles. The largest absolute Gasteiger partial charge is 0.478 e. The predicted octanol–water partition coefficient (Wildman–Crippen LogP) is 4.52. The highest BCUT2D eigenvalue weighted by molar-refractivity contribution is 5.92. The second-order valence-electron chi connectivity index (χ2n) is 10.9. The van der Waals surface area contributed by atoms with Crippen LogP contribution in [0.3, 0.4) is 0 Å². The number of piperidine rings is 1. The molecule has 1 unspecified atom stereocenters. The molecule has 0 amide bonds. The summed E-state index contributed by atoms with van der Waals surface area (Å²) in [5, 5.41) is 13.9. The summed E-state index contributed by atoms with van der Waals surface area (Å²) in [5.41, 5.74) is 5.09. The van der Waals surface area contributed by atoms with Crippen molar-refractivity contribution in [1.29, 1.82) is 0 Å². The van der Waals surface area contributed by atoms with Crippen LogP contribution in [0.15, 0.2) is 67.0 Å². The Labute approximate surface area is 237 Å². The van der Waals surface area contributed by atoms with Gasteiger partial charge in [-0.05, 0) is 68.8 Å². The van der Waals surface area contributed by atoms with Gasteiger partial charge in [0.2, 0.25) is 5.88 Å². The van der Waals surface area contributed by atoms with E-state index in [1.807, 2.05) is 53.3 Å². The van der Waals surface area contributed by atoms with E-state index in [0.717, 1.165) is 72.6 Å². The summed E-state index contributed by atoms with van der Waals surface area (Å²) >= 11 is 0. The average Bonchev–Trinajstić information content (AvgIpc) is 3.54. The zero-order chi connectivity index (χ0) is 27.8. The lowest BCUT2D eigenvalue weighted by molar-refractivity contribution is -0.0592. The predicted molar refractivity (Wildman–Crippen MR) is 152 cm³/mol. The third-order valence-electron chi connectivity index (χ3n) is 8.25. The minimum absolute atomic E-state index is 0.152. The summed E-state index contributed by atoms with van der Waals surface area (Å²) in [7, 11) is 0. The molecular weight excluding hydrogens is 520 g/mol. The van der Waals surface area contributed by atoms with Crippen molar-refractivity contribution in [2.45, 2.75) is 51.0 Å². The van der Waals surface area contributed by atoms with Crippen LogP contribution in [-0.4, -0.2) is 65.9 Å². The van der Waals surface area contributed by atoms with E-state index in [0.29, 0.717) is 31.5 Å². The molecule has 6 heterocycles. The van der Waals surface area contributed by atoms with Gasteiger partial charge in [0.1, 0.15) is 12.4 Å². The highest BCUT2D eigenvalue weighted by atomic mass is 16.5. The zero-order valence-corrected chi connectivity index (χ0v) is 22.7. The van der Waals surface area contributed by atoms with E-state index in [-0.39, 0.29) is 11.7 Å². The normalized spacial score (nSPS) is 18.1. The Kier molecular flexibility index (Phi) is 6.85. The van der Waals surface area contributed by atoms with Gasteiger partial charge in [-0.15, -0.1) is 0 Å². The fourth-order valence-electron chi connectivity index (χ4n) is 5.84. The second-order valence-corrected chi connectivity index (χ2v) is 10.9. The number of hydrogen-bond acceptors (Lipinski definition) is 7. The summed E-state index contributed by atoms with van der Waals surface area (Å²) in [6, 6.07) is 17.2. The number of benzene rings is 1. The van der Waals surface area contributed by atoms with Crippen molar-refractivity contribution >= 4 is 22.5 Å². The molecule has 41 heavy (non-hydrogen) atoms. The van der Waals surface area contributed by atoms with Gasteiger partial charge in [0.15, 0.2) is 0 Å². The number of ether oxygens (including phenoxy) is 2. The molecule has 2 fully saturated rings. The van der Waals surface area contributed by atoms with Gasteiger partial charge in [-0.3, -0.25) is 4.90 Å². The standard InChI is InChI=1S/C31H32N6O4/c38-31(39)22-7-8-26-28(16-22)36(18-24-11-15-40-24)29(33-26)19-35-13-9-21(10-14-35)25-4-3-6-30(34-25)41-20-23-17-32-37-12-2-1-5-27(23)37/h1-8,12,16-17,21,24H,9-11,13-15,18-20H2,(H,38,39). The number of carbonyl (C=O) groups is 1. The van der Waals surface area contributed by atoms with Crippen LogP contribution in [0.5, 0.6) is 5.88 Å². The first-order valence-electron chi connectivity index (χ1n) is 14.2. The van der Waals surface area contributed by atoms with Crippen molar-refractivity contribution in [3.05, 3.63) is 89.6 Å². The molecule has 1 atom stereocenters. The van der Waals surface area contributed by atoms with Crippen LogP contribution in [0.2, 0.25) is 0 Å².